The second-order valence-electron chi connectivity index (χ2n) is 6.15. The van der Waals surface area contributed by atoms with Crippen LogP contribution in [-0.2, 0) is 6.54 Å². The molecule has 1 aliphatic heterocycles. The molecular formula is C18H22N4O4. The summed E-state index contributed by atoms with van der Waals surface area (Å²) in [6, 6.07) is 7.35. The number of unbranched alkanes of at least 4 members (excludes halogenated alkanes) is 1. The summed E-state index contributed by atoms with van der Waals surface area (Å²) < 4.78 is 6.55. The lowest BCUT2D eigenvalue weighted by Crippen LogP contribution is -2.33. The van der Waals surface area contributed by atoms with Crippen molar-refractivity contribution >= 4 is 5.71 Å². The Labute approximate surface area is 150 Å². The lowest BCUT2D eigenvalue weighted by molar-refractivity contribution is 0.394. The first kappa shape index (κ1) is 17.8. The van der Waals surface area contributed by atoms with Gasteiger partial charge < -0.3 is 15.3 Å². The largest absolute Gasteiger partial charge is 0.496 e. The molecule has 26 heavy (non-hydrogen) atoms. The Morgan fingerprint density at radius 2 is 2.12 bits per heavy atom. The third-order valence-corrected chi connectivity index (χ3v) is 4.46. The molecule has 1 aromatic carbocycles. The highest BCUT2D eigenvalue weighted by molar-refractivity contribution is 6.03. The van der Waals surface area contributed by atoms with E-state index in [1.165, 1.54) is 4.57 Å². The highest BCUT2D eigenvalue weighted by atomic mass is 16.5. The predicted molar refractivity (Wildman–Crippen MR) is 97.9 cm³/mol. The Hall–Kier alpha value is -3.03. The number of nitrogens with one attached hydrogen (secondary N) is 2. The zero-order valence-corrected chi connectivity index (χ0v) is 14.8. The molecule has 0 bridgehead atoms. The molecule has 3 rings (SSSR count). The van der Waals surface area contributed by atoms with Crippen LogP contribution < -0.4 is 21.4 Å². The number of ether oxygens (including phenoxy) is 1. The fourth-order valence-electron chi connectivity index (χ4n) is 3.08. The van der Waals surface area contributed by atoms with Crippen LogP contribution in [0.25, 0.3) is 0 Å². The SMILES string of the molecule is CCCCn1c(O)c(C2=NN[C@H](c3ccccc3OC)C2)c(=O)[nH]c1=O. The van der Waals surface area contributed by atoms with Crippen LogP contribution in [0, 0.1) is 0 Å². The van der Waals surface area contributed by atoms with E-state index in [4.69, 9.17) is 4.74 Å². The monoisotopic (exact) mass is 358 g/mol. The first-order valence-corrected chi connectivity index (χ1v) is 8.58. The molecule has 1 aliphatic rings. The second-order valence-corrected chi connectivity index (χ2v) is 6.15. The molecule has 0 aliphatic carbocycles. The standard InChI is InChI=1S/C18H22N4O4/c1-3-4-9-22-17(24)15(16(23)19-18(22)25)13-10-12(20-21-13)11-7-5-6-8-14(11)26-2/h5-8,12,20,24H,3-4,9-10H2,1-2H3,(H,19,23,25)/t12-/m0/s1. The first-order chi connectivity index (χ1) is 12.6. The normalized spacial score (nSPS) is 16.2. The molecule has 1 atom stereocenters. The molecule has 2 heterocycles. The van der Waals surface area contributed by atoms with Crippen LogP contribution in [0.1, 0.15) is 43.4 Å². The molecule has 3 N–H and O–H groups in total. The summed E-state index contributed by atoms with van der Waals surface area (Å²) in [5.41, 5.74) is 3.08. The Balaban J connectivity index is 1.94. The van der Waals surface area contributed by atoms with Gasteiger partial charge >= 0.3 is 5.69 Å². The number of aromatic nitrogens is 2. The van der Waals surface area contributed by atoms with Crippen LogP contribution in [0.3, 0.4) is 0 Å². The molecule has 138 valence electrons. The Morgan fingerprint density at radius 3 is 2.85 bits per heavy atom. The Kier molecular flexibility index (Phi) is 5.11. The number of benzene rings is 1. The van der Waals surface area contributed by atoms with Crippen molar-refractivity contribution in [3.05, 3.63) is 56.2 Å². The van der Waals surface area contributed by atoms with E-state index >= 15 is 0 Å². The van der Waals surface area contributed by atoms with E-state index in [2.05, 4.69) is 15.5 Å². The van der Waals surface area contributed by atoms with E-state index in [9.17, 15) is 14.7 Å². The fourth-order valence-corrected chi connectivity index (χ4v) is 3.08. The van der Waals surface area contributed by atoms with Gasteiger partial charge in [-0.1, -0.05) is 31.5 Å². The lowest BCUT2D eigenvalue weighted by Gasteiger charge is -2.14. The third kappa shape index (κ3) is 3.22. The van der Waals surface area contributed by atoms with Gasteiger partial charge in [0.25, 0.3) is 5.56 Å². The van der Waals surface area contributed by atoms with Gasteiger partial charge in [-0.15, -0.1) is 0 Å². The summed E-state index contributed by atoms with van der Waals surface area (Å²) >= 11 is 0. The zero-order chi connectivity index (χ0) is 18.7. The van der Waals surface area contributed by atoms with Crippen LogP contribution >= 0.6 is 0 Å². The van der Waals surface area contributed by atoms with Crippen LogP contribution in [0.5, 0.6) is 11.6 Å². The van der Waals surface area contributed by atoms with Gasteiger partial charge in [-0.25, -0.2) is 4.79 Å². The minimum absolute atomic E-state index is 0.0330. The van der Waals surface area contributed by atoms with Crippen molar-refractivity contribution < 1.29 is 9.84 Å². The van der Waals surface area contributed by atoms with E-state index in [0.717, 1.165) is 12.0 Å². The highest BCUT2D eigenvalue weighted by Gasteiger charge is 2.28. The number of aromatic amines is 1. The van der Waals surface area contributed by atoms with E-state index in [-0.39, 0.29) is 17.5 Å². The smallest absolute Gasteiger partial charge is 0.331 e. The molecule has 0 amide bonds. The van der Waals surface area contributed by atoms with Crippen LogP contribution in [0.4, 0.5) is 0 Å². The number of nitrogens with zero attached hydrogens (tertiary/aromatic N) is 2. The number of aromatic hydroxyl groups is 1. The zero-order valence-electron chi connectivity index (χ0n) is 14.8. The van der Waals surface area contributed by atoms with Gasteiger partial charge in [0.1, 0.15) is 11.3 Å². The molecular weight excluding hydrogens is 336 g/mol. The van der Waals surface area contributed by atoms with Crippen molar-refractivity contribution in [2.75, 3.05) is 7.11 Å². The maximum atomic E-state index is 12.3. The molecule has 0 spiro atoms. The van der Waals surface area contributed by atoms with Crippen molar-refractivity contribution in [3.8, 4) is 11.6 Å². The topological polar surface area (TPSA) is 109 Å². The first-order valence-electron chi connectivity index (χ1n) is 8.58. The van der Waals surface area contributed by atoms with Crippen LogP contribution in [0.2, 0.25) is 0 Å². The predicted octanol–water partition coefficient (Wildman–Crippen LogP) is 1.49. The van der Waals surface area contributed by atoms with Gasteiger partial charge in [-0.2, -0.15) is 5.10 Å². The van der Waals surface area contributed by atoms with Crippen molar-refractivity contribution in [2.45, 2.75) is 38.8 Å². The van der Waals surface area contributed by atoms with Crippen LogP contribution in [0.15, 0.2) is 39.0 Å². The van der Waals surface area contributed by atoms with E-state index in [0.29, 0.717) is 30.8 Å². The fraction of sp³-hybridized carbons (Fsp3) is 0.389. The van der Waals surface area contributed by atoms with Gasteiger partial charge in [0.15, 0.2) is 0 Å². The van der Waals surface area contributed by atoms with Crippen molar-refractivity contribution in [1.29, 1.82) is 0 Å². The molecule has 0 saturated carbocycles. The minimum atomic E-state index is -0.638. The van der Waals surface area contributed by atoms with Crippen molar-refractivity contribution in [3.63, 3.8) is 0 Å². The second kappa shape index (κ2) is 7.47. The number of rotatable bonds is 6. The van der Waals surface area contributed by atoms with Gasteiger partial charge in [-0.05, 0) is 12.5 Å². The van der Waals surface area contributed by atoms with E-state index in [1.54, 1.807) is 7.11 Å². The quantitative estimate of drug-likeness (QED) is 0.725. The van der Waals surface area contributed by atoms with Gasteiger partial charge in [0, 0.05) is 18.5 Å². The minimum Gasteiger partial charge on any atom is -0.496 e. The summed E-state index contributed by atoms with van der Waals surface area (Å²) in [7, 11) is 1.59. The number of methoxy groups -OCH3 is 1. The summed E-state index contributed by atoms with van der Waals surface area (Å²) in [4.78, 5) is 26.5. The number of para-hydroxylation sites is 1. The number of hydrogen-bond donors (Lipinski definition) is 3. The molecule has 1 aromatic heterocycles. The number of H-pyrrole nitrogens is 1. The van der Waals surface area contributed by atoms with Gasteiger partial charge in [0.2, 0.25) is 5.88 Å². The number of hydrazone groups is 1. The summed E-state index contributed by atoms with van der Waals surface area (Å²) in [6.07, 6.45) is 1.97. The van der Waals surface area contributed by atoms with E-state index < -0.39 is 11.2 Å². The lowest BCUT2D eigenvalue weighted by atomic mass is 9.99. The average Bonchev–Trinajstić information content (AvgIpc) is 3.10. The maximum absolute atomic E-state index is 12.3. The molecule has 0 unspecified atom stereocenters. The van der Waals surface area contributed by atoms with Gasteiger partial charge in [-0.3, -0.25) is 14.3 Å². The molecule has 0 fully saturated rings. The van der Waals surface area contributed by atoms with E-state index in [1.807, 2.05) is 31.2 Å². The summed E-state index contributed by atoms with van der Waals surface area (Å²) in [5.74, 6) is 0.376. The molecule has 2 aromatic rings. The summed E-state index contributed by atoms with van der Waals surface area (Å²) in [5, 5.41) is 14.7. The Morgan fingerprint density at radius 1 is 1.35 bits per heavy atom. The molecule has 0 radical (unpaired) electrons. The third-order valence-electron chi connectivity index (χ3n) is 4.46. The molecule has 8 heteroatoms. The van der Waals surface area contributed by atoms with Crippen molar-refractivity contribution in [2.24, 2.45) is 5.10 Å². The summed E-state index contributed by atoms with van der Waals surface area (Å²) in [6.45, 7) is 2.32. The average molecular weight is 358 g/mol. The molecule has 8 nitrogen and oxygen atoms in total. The highest BCUT2D eigenvalue weighted by Crippen LogP contribution is 2.31. The van der Waals surface area contributed by atoms with Crippen LogP contribution in [-0.4, -0.2) is 27.5 Å². The Bertz CT molecular complexity index is 945. The van der Waals surface area contributed by atoms with Gasteiger partial charge in [0.05, 0.1) is 18.9 Å². The maximum Gasteiger partial charge on any atom is 0.331 e. The molecule has 0 saturated heterocycles. The van der Waals surface area contributed by atoms with Crippen molar-refractivity contribution in [1.82, 2.24) is 15.0 Å². The number of hydrogen-bond acceptors (Lipinski definition) is 6.